The van der Waals surface area contributed by atoms with E-state index in [-0.39, 0.29) is 45.2 Å². The number of ether oxygens (including phenoxy) is 2. The summed E-state index contributed by atoms with van der Waals surface area (Å²) >= 11 is 6.54. The summed E-state index contributed by atoms with van der Waals surface area (Å²) < 4.78 is 43.0. The number of rotatable bonds is 8. The fourth-order valence-corrected chi connectivity index (χ4v) is 6.47. The Morgan fingerprint density at radius 2 is 1.80 bits per heavy atom. The van der Waals surface area contributed by atoms with Gasteiger partial charge in [-0.05, 0) is 43.4 Å². The Morgan fingerprint density at radius 3 is 2.41 bits per heavy atom. The van der Waals surface area contributed by atoms with Gasteiger partial charge in [0.2, 0.25) is 5.91 Å². The summed E-state index contributed by atoms with van der Waals surface area (Å²) in [5, 5.41) is 12.6. The Hall–Kier alpha value is -3.69. The van der Waals surface area contributed by atoms with E-state index in [2.05, 4.69) is 5.32 Å². The van der Waals surface area contributed by atoms with Crippen LogP contribution < -0.4 is 20.5 Å². The number of primary amides is 1. The molecule has 0 aromatic heterocycles. The molecular formula is C31H31ClF2N2O5. The monoisotopic (exact) mass is 584 g/mol. The summed E-state index contributed by atoms with van der Waals surface area (Å²) in [4.78, 5) is 23.8. The first-order chi connectivity index (χ1) is 19.6. The van der Waals surface area contributed by atoms with E-state index in [0.717, 1.165) is 5.56 Å². The van der Waals surface area contributed by atoms with Crippen molar-refractivity contribution >= 4 is 23.5 Å². The molecule has 3 aromatic carbocycles. The summed E-state index contributed by atoms with van der Waals surface area (Å²) in [5.74, 6) is -4.25. The molecule has 3 aromatic rings. The molecule has 10 heteroatoms. The van der Waals surface area contributed by atoms with Crippen molar-refractivity contribution in [3.8, 4) is 22.6 Å². The van der Waals surface area contributed by atoms with Crippen molar-refractivity contribution in [3.63, 3.8) is 0 Å². The SMILES string of the molecule is COc1ccc(C(N)=O)c(-c2c(Cl)c(F)cc3c2[C@H](C)[C@@](CNC2CCC(C(=O)O)CC2)(c2ccccc2)O3)c1F. The lowest BCUT2D eigenvalue weighted by molar-refractivity contribution is -0.142. The van der Waals surface area contributed by atoms with Crippen molar-refractivity contribution < 1.29 is 33.0 Å². The van der Waals surface area contributed by atoms with Crippen LogP contribution in [0.3, 0.4) is 0 Å². The number of halogens is 3. The normalized spacial score (nSPS) is 23.5. The van der Waals surface area contributed by atoms with Gasteiger partial charge in [-0.15, -0.1) is 0 Å². The lowest BCUT2D eigenvalue weighted by Gasteiger charge is -2.37. The number of carboxylic acids is 1. The van der Waals surface area contributed by atoms with Crippen molar-refractivity contribution in [3.05, 3.63) is 81.9 Å². The molecule has 0 saturated heterocycles. The molecule has 41 heavy (non-hydrogen) atoms. The smallest absolute Gasteiger partial charge is 0.306 e. The molecule has 1 aliphatic heterocycles. The van der Waals surface area contributed by atoms with E-state index in [1.54, 1.807) is 0 Å². The molecule has 1 amide bonds. The molecule has 2 aliphatic rings. The fourth-order valence-electron chi connectivity index (χ4n) is 6.22. The number of benzene rings is 3. The number of carbonyl (C=O) groups excluding carboxylic acids is 1. The summed E-state index contributed by atoms with van der Waals surface area (Å²) in [6.07, 6.45) is 2.51. The van der Waals surface area contributed by atoms with Gasteiger partial charge in [-0.1, -0.05) is 48.9 Å². The van der Waals surface area contributed by atoms with E-state index in [4.69, 9.17) is 26.8 Å². The van der Waals surface area contributed by atoms with Crippen LogP contribution in [0.1, 0.15) is 60.0 Å². The molecule has 216 valence electrons. The molecule has 1 fully saturated rings. The maximum Gasteiger partial charge on any atom is 0.306 e. The van der Waals surface area contributed by atoms with Crippen LogP contribution in [0.25, 0.3) is 11.1 Å². The largest absolute Gasteiger partial charge is 0.494 e. The number of amides is 1. The number of aliphatic carboxylic acids is 1. The maximum absolute atomic E-state index is 15.9. The Bertz CT molecular complexity index is 1490. The third-order valence-corrected chi connectivity index (χ3v) is 8.85. The van der Waals surface area contributed by atoms with Crippen LogP contribution in [0.5, 0.6) is 11.5 Å². The van der Waals surface area contributed by atoms with Crippen molar-refractivity contribution in [1.82, 2.24) is 5.32 Å². The summed E-state index contributed by atoms with van der Waals surface area (Å²) in [5.41, 5.74) is 5.37. The van der Waals surface area contributed by atoms with Gasteiger partial charge in [-0.3, -0.25) is 9.59 Å². The minimum Gasteiger partial charge on any atom is -0.494 e. The van der Waals surface area contributed by atoms with Gasteiger partial charge in [0, 0.05) is 41.3 Å². The van der Waals surface area contributed by atoms with Crippen LogP contribution in [0.15, 0.2) is 48.5 Å². The van der Waals surface area contributed by atoms with Gasteiger partial charge in [0.15, 0.2) is 17.2 Å². The van der Waals surface area contributed by atoms with Gasteiger partial charge in [0.25, 0.3) is 0 Å². The second-order valence-electron chi connectivity index (χ2n) is 10.7. The molecule has 0 spiro atoms. The predicted octanol–water partition coefficient (Wildman–Crippen LogP) is 6.02. The van der Waals surface area contributed by atoms with E-state index in [1.165, 1.54) is 25.3 Å². The number of fused-ring (bicyclic) bond motifs is 1. The number of carbonyl (C=O) groups is 2. The second-order valence-corrected chi connectivity index (χ2v) is 11.1. The highest BCUT2D eigenvalue weighted by molar-refractivity contribution is 6.34. The first-order valence-electron chi connectivity index (χ1n) is 13.5. The van der Waals surface area contributed by atoms with Gasteiger partial charge < -0.3 is 25.6 Å². The van der Waals surface area contributed by atoms with Crippen LogP contribution in [-0.4, -0.2) is 36.7 Å². The Labute approximate surface area is 241 Å². The zero-order valence-corrected chi connectivity index (χ0v) is 23.4. The number of nitrogens with one attached hydrogen (secondary N) is 1. The molecule has 0 radical (unpaired) electrons. The van der Waals surface area contributed by atoms with Crippen molar-refractivity contribution in [2.24, 2.45) is 11.7 Å². The van der Waals surface area contributed by atoms with Gasteiger partial charge in [-0.2, -0.15) is 0 Å². The highest BCUT2D eigenvalue weighted by Crippen LogP contribution is 2.56. The molecule has 1 aliphatic carbocycles. The van der Waals surface area contributed by atoms with E-state index in [9.17, 15) is 14.7 Å². The number of carboxylic acid groups (broad SMARTS) is 1. The minimum absolute atomic E-state index is 0.0147. The average Bonchev–Trinajstić information content (AvgIpc) is 3.24. The maximum atomic E-state index is 15.9. The van der Waals surface area contributed by atoms with Gasteiger partial charge >= 0.3 is 5.97 Å². The second kappa shape index (κ2) is 11.3. The van der Waals surface area contributed by atoms with Crippen molar-refractivity contribution in [1.29, 1.82) is 0 Å². The minimum atomic E-state index is -1.05. The molecule has 0 unspecified atom stereocenters. The first kappa shape index (κ1) is 28.8. The molecule has 4 N–H and O–H groups in total. The Kier molecular flexibility index (Phi) is 7.94. The zero-order chi connectivity index (χ0) is 29.5. The van der Waals surface area contributed by atoms with E-state index >= 15 is 8.78 Å². The third kappa shape index (κ3) is 5.02. The molecule has 1 heterocycles. The molecule has 2 atom stereocenters. The van der Waals surface area contributed by atoms with Gasteiger partial charge in [-0.25, -0.2) is 8.78 Å². The van der Waals surface area contributed by atoms with Crippen LogP contribution in [-0.2, 0) is 10.4 Å². The van der Waals surface area contributed by atoms with Crippen LogP contribution in [0, 0.1) is 17.6 Å². The lowest BCUT2D eigenvalue weighted by Crippen LogP contribution is -2.48. The first-order valence-corrected chi connectivity index (χ1v) is 13.9. The van der Waals surface area contributed by atoms with E-state index in [1.807, 2.05) is 37.3 Å². The number of hydrogen-bond acceptors (Lipinski definition) is 5. The fraction of sp³-hybridized carbons (Fsp3) is 0.355. The summed E-state index contributed by atoms with van der Waals surface area (Å²) in [6, 6.07) is 13.3. The Balaban J connectivity index is 1.63. The number of nitrogens with two attached hydrogens (primary N) is 1. The summed E-state index contributed by atoms with van der Waals surface area (Å²) in [7, 11) is 1.28. The lowest BCUT2D eigenvalue weighted by atomic mass is 9.77. The molecule has 1 saturated carbocycles. The average molecular weight is 585 g/mol. The number of methoxy groups -OCH3 is 1. The number of hydrogen-bond donors (Lipinski definition) is 3. The highest BCUT2D eigenvalue weighted by atomic mass is 35.5. The van der Waals surface area contributed by atoms with Crippen molar-refractivity contribution in [2.75, 3.05) is 13.7 Å². The molecule has 0 bridgehead atoms. The highest BCUT2D eigenvalue weighted by Gasteiger charge is 2.50. The molecule has 5 rings (SSSR count). The summed E-state index contributed by atoms with van der Waals surface area (Å²) in [6.45, 7) is 2.19. The molecular weight excluding hydrogens is 554 g/mol. The van der Waals surface area contributed by atoms with Crippen LogP contribution >= 0.6 is 11.6 Å². The topological polar surface area (TPSA) is 111 Å². The van der Waals surface area contributed by atoms with E-state index in [0.29, 0.717) is 37.8 Å². The van der Waals surface area contributed by atoms with Crippen LogP contribution in [0.4, 0.5) is 8.78 Å². The van der Waals surface area contributed by atoms with Crippen molar-refractivity contribution in [2.45, 2.75) is 50.2 Å². The van der Waals surface area contributed by atoms with Gasteiger partial charge in [0.05, 0.1) is 23.6 Å². The molecule has 7 nitrogen and oxygen atoms in total. The van der Waals surface area contributed by atoms with Gasteiger partial charge in [0.1, 0.15) is 11.6 Å². The standard InChI is InChI=1S/C31H31ClF2N2O5/c1-16-24-23(14-21(33)27(32)26(24)25-20(29(35)37)12-13-22(40-2)28(25)34)41-31(16,18-6-4-3-5-7-18)15-36-19-10-8-17(9-11-19)30(38)39/h3-7,12-14,16-17,19,36H,8-11,15H2,1-2H3,(H2,35,37)(H,38,39)/t16-,17?,19?,31-/m0/s1. The van der Waals surface area contributed by atoms with Crippen LogP contribution in [0.2, 0.25) is 5.02 Å². The quantitative estimate of drug-likeness (QED) is 0.299. The van der Waals surface area contributed by atoms with E-state index < -0.39 is 35.0 Å². The Morgan fingerprint density at radius 1 is 1.12 bits per heavy atom. The zero-order valence-electron chi connectivity index (χ0n) is 22.7. The third-order valence-electron chi connectivity index (χ3n) is 8.48. The predicted molar refractivity (Wildman–Crippen MR) is 150 cm³/mol.